The van der Waals surface area contributed by atoms with Crippen LogP contribution in [0, 0.1) is 5.92 Å². The molecular weight excluding hydrogens is 362 g/mol. The second kappa shape index (κ2) is 5.76. The van der Waals surface area contributed by atoms with Crippen LogP contribution in [0.25, 0.3) is 0 Å². The summed E-state index contributed by atoms with van der Waals surface area (Å²) in [4.78, 5) is 24.7. The summed E-state index contributed by atoms with van der Waals surface area (Å²) in [6.45, 7) is 0.512. The van der Waals surface area contributed by atoms with Crippen molar-refractivity contribution in [2.24, 2.45) is 5.92 Å². The van der Waals surface area contributed by atoms with Gasteiger partial charge in [0.15, 0.2) is 9.84 Å². The quantitative estimate of drug-likeness (QED) is 0.861. The first-order valence-electron chi connectivity index (χ1n) is 6.22. The molecule has 114 valence electrons. The largest absolute Gasteiger partial charge is 0.481 e. The molecule has 0 radical (unpaired) electrons. The summed E-state index contributed by atoms with van der Waals surface area (Å²) in [6, 6.07) is 4.35. The van der Waals surface area contributed by atoms with Crippen molar-refractivity contribution in [1.82, 2.24) is 4.90 Å². The lowest BCUT2D eigenvalue weighted by atomic mass is 10.1. The fourth-order valence-electron chi connectivity index (χ4n) is 2.25. The molecule has 1 amide bonds. The summed E-state index contributed by atoms with van der Waals surface area (Å²) in [7, 11) is -3.45. The SMILES string of the molecule is CS(=O)(=O)c1cc(C(=O)N2CC[C@H](C(=O)O)C2)ccc1Br. The van der Waals surface area contributed by atoms with Gasteiger partial charge in [-0.1, -0.05) is 0 Å². The van der Waals surface area contributed by atoms with E-state index in [1.165, 1.54) is 23.1 Å². The van der Waals surface area contributed by atoms with Gasteiger partial charge in [0.2, 0.25) is 0 Å². The maximum absolute atomic E-state index is 12.3. The number of aliphatic carboxylic acids is 1. The van der Waals surface area contributed by atoms with Gasteiger partial charge in [0, 0.05) is 29.4 Å². The minimum Gasteiger partial charge on any atom is -0.481 e. The lowest BCUT2D eigenvalue weighted by molar-refractivity contribution is -0.141. The van der Waals surface area contributed by atoms with Crippen LogP contribution >= 0.6 is 15.9 Å². The highest BCUT2D eigenvalue weighted by molar-refractivity contribution is 9.10. The Morgan fingerprint density at radius 2 is 2.05 bits per heavy atom. The van der Waals surface area contributed by atoms with Crippen LogP contribution in [0.1, 0.15) is 16.8 Å². The maximum Gasteiger partial charge on any atom is 0.308 e. The molecule has 21 heavy (non-hydrogen) atoms. The number of halogens is 1. The molecule has 1 aromatic rings. The molecule has 1 atom stereocenters. The Hall–Kier alpha value is -1.41. The van der Waals surface area contributed by atoms with Crippen LogP contribution in [-0.4, -0.2) is 49.6 Å². The number of amides is 1. The van der Waals surface area contributed by atoms with Crippen molar-refractivity contribution in [2.75, 3.05) is 19.3 Å². The first kappa shape index (κ1) is 16.0. The minimum atomic E-state index is -3.45. The van der Waals surface area contributed by atoms with Gasteiger partial charge < -0.3 is 10.0 Å². The van der Waals surface area contributed by atoms with Crippen molar-refractivity contribution < 1.29 is 23.1 Å². The van der Waals surface area contributed by atoms with Crippen LogP contribution < -0.4 is 0 Å². The zero-order valence-electron chi connectivity index (χ0n) is 11.2. The standard InChI is InChI=1S/C13H14BrNO5S/c1-21(19,20)11-6-8(2-3-10(11)14)12(16)15-5-4-9(7-15)13(17)18/h2-3,6,9H,4-5,7H2,1H3,(H,17,18)/t9-/m0/s1. The van der Waals surface area contributed by atoms with Gasteiger partial charge in [-0.25, -0.2) is 8.42 Å². The van der Waals surface area contributed by atoms with Gasteiger partial charge in [0.25, 0.3) is 5.91 Å². The molecule has 2 rings (SSSR count). The van der Waals surface area contributed by atoms with E-state index < -0.39 is 21.7 Å². The number of rotatable bonds is 3. The highest BCUT2D eigenvalue weighted by Gasteiger charge is 2.31. The van der Waals surface area contributed by atoms with E-state index in [-0.39, 0.29) is 22.9 Å². The number of carbonyl (C=O) groups is 2. The molecule has 1 N–H and O–H groups in total. The van der Waals surface area contributed by atoms with Gasteiger partial charge in [-0.3, -0.25) is 9.59 Å². The van der Waals surface area contributed by atoms with Crippen molar-refractivity contribution in [3.05, 3.63) is 28.2 Å². The third kappa shape index (κ3) is 3.44. The molecule has 1 aliphatic rings. The second-order valence-corrected chi connectivity index (χ2v) is 7.83. The minimum absolute atomic E-state index is 0.0438. The second-order valence-electron chi connectivity index (χ2n) is 4.99. The molecule has 1 fully saturated rings. The molecule has 0 unspecified atom stereocenters. The highest BCUT2D eigenvalue weighted by Crippen LogP contribution is 2.25. The number of carbonyl (C=O) groups excluding carboxylic acids is 1. The fraction of sp³-hybridized carbons (Fsp3) is 0.385. The maximum atomic E-state index is 12.3. The Morgan fingerprint density at radius 3 is 2.57 bits per heavy atom. The number of carboxylic acids is 1. The number of benzene rings is 1. The van der Waals surface area contributed by atoms with Crippen LogP contribution in [-0.2, 0) is 14.6 Å². The van der Waals surface area contributed by atoms with E-state index in [0.29, 0.717) is 17.4 Å². The molecule has 8 heteroatoms. The Labute approximate surface area is 130 Å². The Morgan fingerprint density at radius 1 is 1.38 bits per heavy atom. The molecular formula is C13H14BrNO5S. The van der Waals surface area contributed by atoms with Gasteiger partial charge in [-0.15, -0.1) is 0 Å². The van der Waals surface area contributed by atoms with Crippen LogP contribution in [0.2, 0.25) is 0 Å². The molecule has 1 aliphatic heterocycles. The third-order valence-corrected chi connectivity index (χ3v) is 5.49. The smallest absolute Gasteiger partial charge is 0.308 e. The van der Waals surface area contributed by atoms with Gasteiger partial charge >= 0.3 is 5.97 Å². The monoisotopic (exact) mass is 375 g/mol. The summed E-state index contributed by atoms with van der Waals surface area (Å²) in [6.07, 6.45) is 1.48. The molecule has 0 bridgehead atoms. The summed E-state index contributed by atoms with van der Waals surface area (Å²) in [5.41, 5.74) is 0.240. The molecule has 1 aromatic carbocycles. The van der Waals surface area contributed by atoms with E-state index >= 15 is 0 Å². The van der Waals surface area contributed by atoms with Crippen LogP contribution in [0.5, 0.6) is 0 Å². The van der Waals surface area contributed by atoms with Gasteiger partial charge in [-0.05, 0) is 40.5 Å². The average molecular weight is 376 g/mol. The number of likely N-dealkylation sites (tertiary alicyclic amines) is 1. The number of nitrogens with zero attached hydrogens (tertiary/aromatic N) is 1. The molecule has 0 spiro atoms. The predicted octanol–water partition coefficient (Wildman–Crippen LogP) is 1.40. The molecule has 6 nitrogen and oxygen atoms in total. The van der Waals surface area contributed by atoms with Crippen LogP contribution in [0.4, 0.5) is 0 Å². The van der Waals surface area contributed by atoms with E-state index in [1.54, 1.807) is 0 Å². The number of hydrogen-bond acceptors (Lipinski definition) is 4. The molecule has 1 saturated heterocycles. The third-order valence-electron chi connectivity index (χ3n) is 3.40. The van der Waals surface area contributed by atoms with E-state index in [9.17, 15) is 18.0 Å². The zero-order chi connectivity index (χ0) is 15.8. The first-order valence-corrected chi connectivity index (χ1v) is 8.90. The average Bonchev–Trinajstić information content (AvgIpc) is 2.86. The van der Waals surface area contributed by atoms with Crippen LogP contribution in [0.15, 0.2) is 27.6 Å². The molecule has 0 saturated carbocycles. The van der Waals surface area contributed by atoms with Crippen molar-refractivity contribution in [3.8, 4) is 0 Å². The fourth-order valence-corrected chi connectivity index (χ4v) is 4.14. The summed E-state index contributed by atoms with van der Waals surface area (Å²) >= 11 is 3.15. The summed E-state index contributed by atoms with van der Waals surface area (Å²) < 4.78 is 23.7. The first-order chi connectivity index (χ1) is 9.70. The highest BCUT2D eigenvalue weighted by atomic mass is 79.9. The van der Waals surface area contributed by atoms with Crippen molar-refractivity contribution in [3.63, 3.8) is 0 Å². The zero-order valence-corrected chi connectivity index (χ0v) is 13.6. The predicted molar refractivity (Wildman–Crippen MR) is 78.9 cm³/mol. The van der Waals surface area contributed by atoms with E-state index in [2.05, 4.69) is 15.9 Å². The normalized spacial score (nSPS) is 18.8. The molecule has 1 heterocycles. The van der Waals surface area contributed by atoms with Crippen molar-refractivity contribution >= 4 is 37.6 Å². The topological polar surface area (TPSA) is 91.8 Å². The van der Waals surface area contributed by atoms with Gasteiger partial charge in [-0.2, -0.15) is 0 Å². The van der Waals surface area contributed by atoms with E-state index in [0.717, 1.165) is 6.26 Å². The van der Waals surface area contributed by atoms with Crippen molar-refractivity contribution in [2.45, 2.75) is 11.3 Å². The summed E-state index contributed by atoms with van der Waals surface area (Å²) in [5, 5.41) is 8.95. The van der Waals surface area contributed by atoms with Gasteiger partial charge in [0.1, 0.15) is 0 Å². The Bertz CT molecular complexity index is 701. The van der Waals surface area contributed by atoms with E-state index in [1.807, 2.05) is 0 Å². The number of hydrogen-bond donors (Lipinski definition) is 1. The molecule has 0 aliphatic carbocycles. The van der Waals surface area contributed by atoms with Gasteiger partial charge in [0.05, 0.1) is 10.8 Å². The van der Waals surface area contributed by atoms with Crippen LogP contribution in [0.3, 0.4) is 0 Å². The number of carboxylic acid groups (broad SMARTS) is 1. The Balaban J connectivity index is 2.27. The summed E-state index contributed by atoms with van der Waals surface area (Å²) in [5.74, 6) is -1.83. The number of sulfone groups is 1. The Kier molecular flexibility index (Phi) is 4.38. The van der Waals surface area contributed by atoms with Crippen molar-refractivity contribution in [1.29, 1.82) is 0 Å². The molecule has 0 aromatic heterocycles. The van der Waals surface area contributed by atoms with E-state index in [4.69, 9.17) is 5.11 Å². The lowest BCUT2D eigenvalue weighted by Gasteiger charge is -2.16. The lowest BCUT2D eigenvalue weighted by Crippen LogP contribution is -2.30.